The SMILES string of the molecule is CC(=O)Oc1ccccc1C(=O)c1cccc(Br)c1. The highest BCUT2D eigenvalue weighted by Gasteiger charge is 2.15. The van der Waals surface area contributed by atoms with Crippen LogP contribution in [0.15, 0.2) is 53.0 Å². The van der Waals surface area contributed by atoms with Crippen LogP contribution in [0.25, 0.3) is 0 Å². The lowest BCUT2D eigenvalue weighted by atomic mass is 10.0. The van der Waals surface area contributed by atoms with Crippen LogP contribution in [0.5, 0.6) is 5.75 Å². The van der Waals surface area contributed by atoms with Crippen LogP contribution in [-0.4, -0.2) is 11.8 Å². The van der Waals surface area contributed by atoms with Gasteiger partial charge < -0.3 is 4.74 Å². The molecule has 2 aromatic carbocycles. The van der Waals surface area contributed by atoms with Gasteiger partial charge in [0.25, 0.3) is 0 Å². The minimum absolute atomic E-state index is 0.182. The third-order valence-corrected chi connectivity index (χ3v) is 2.97. The first kappa shape index (κ1) is 13.5. The fraction of sp³-hybridized carbons (Fsp3) is 0.0667. The molecule has 0 unspecified atom stereocenters. The molecule has 0 aliphatic carbocycles. The molecule has 2 rings (SSSR count). The minimum atomic E-state index is -0.450. The second-order valence-corrected chi connectivity index (χ2v) is 4.84. The van der Waals surface area contributed by atoms with Gasteiger partial charge in [0.2, 0.25) is 0 Å². The summed E-state index contributed by atoms with van der Waals surface area (Å²) in [6.45, 7) is 1.31. The van der Waals surface area contributed by atoms with E-state index in [1.54, 1.807) is 42.5 Å². The molecular weight excluding hydrogens is 308 g/mol. The Balaban J connectivity index is 2.41. The molecule has 0 saturated carbocycles. The number of para-hydroxylation sites is 1. The molecule has 19 heavy (non-hydrogen) atoms. The molecule has 0 heterocycles. The molecule has 0 aliphatic rings. The van der Waals surface area contributed by atoms with E-state index in [4.69, 9.17) is 4.74 Å². The Morgan fingerprint density at radius 3 is 2.47 bits per heavy atom. The van der Waals surface area contributed by atoms with E-state index in [9.17, 15) is 9.59 Å². The van der Waals surface area contributed by atoms with E-state index >= 15 is 0 Å². The van der Waals surface area contributed by atoms with Crippen molar-refractivity contribution < 1.29 is 14.3 Å². The number of hydrogen-bond acceptors (Lipinski definition) is 3. The van der Waals surface area contributed by atoms with Gasteiger partial charge in [-0.05, 0) is 24.3 Å². The predicted octanol–water partition coefficient (Wildman–Crippen LogP) is 3.61. The van der Waals surface area contributed by atoms with Crippen molar-refractivity contribution in [3.8, 4) is 5.75 Å². The Morgan fingerprint density at radius 2 is 1.79 bits per heavy atom. The van der Waals surface area contributed by atoms with Crippen LogP contribution in [-0.2, 0) is 4.79 Å². The van der Waals surface area contributed by atoms with Crippen LogP contribution in [0.2, 0.25) is 0 Å². The lowest BCUT2D eigenvalue weighted by Gasteiger charge is -2.08. The third kappa shape index (κ3) is 3.29. The minimum Gasteiger partial charge on any atom is -0.426 e. The number of rotatable bonds is 3. The summed E-state index contributed by atoms with van der Waals surface area (Å²) in [6.07, 6.45) is 0. The Kier molecular flexibility index (Phi) is 4.12. The smallest absolute Gasteiger partial charge is 0.308 e. The van der Waals surface area contributed by atoms with E-state index in [0.717, 1.165) is 4.47 Å². The van der Waals surface area contributed by atoms with Crippen LogP contribution in [0.1, 0.15) is 22.8 Å². The number of carbonyl (C=O) groups is 2. The summed E-state index contributed by atoms with van der Waals surface area (Å²) >= 11 is 3.32. The summed E-state index contributed by atoms with van der Waals surface area (Å²) in [6, 6.07) is 13.8. The monoisotopic (exact) mass is 318 g/mol. The zero-order chi connectivity index (χ0) is 13.8. The molecule has 0 atom stereocenters. The Hall–Kier alpha value is -1.94. The quantitative estimate of drug-likeness (QED) is 0.493. The topological polar surface area (TPSA) is 43.4 Å². The van der Waals surface area contributed by atoms with Gasteiger partial charge in [-0.3, -0.25) is 9.59 Å². The molecule has 3 nitrogen and oxygen atoms in total. The van der Waals surface area contributed by atoms with Crippen molar-refractivity contribution in [2.24, 2.45) is 0 Å². The van der Waals surface area contributed by atoms with Gasteiger partial charge >= 0.3 is 5.97 Å². The van der Waals surface area contributed by atoms with E-state index in [2.05, 4.69) is 15.9 Å². The average molecular weight is 319 g/mol. The van der Waals surface area contributed by atoms with Crippen molar-refractivity contribution in [2.45, 2.75) is 6.92 Å². The molecule has 96 valence electrons. The molecule has 0 N–H and O–H groups in total. The Bertz CT molecular complexity index is 635. The maximum atomic E-state index is 12.4. The van der Waals surface area contributed by atoms with Gasteiger partial charge in [-0.25, -0.2) is 0 Å². The second kappa shape index (κ2) is 5.80. The molecule has 0 aliphatic heterocycles. The first-order valence-electron chi connectivity index (χ1n) is 5.65. The molecule has 4 heteroatoms. The first-order valence-corrected chi connectivity index (χ1v) is 6.45. The van der Waals surface area contributed by atoms with Crippen molar-refractivity contribution in [3.05, 3.63) is 64.1 Å². The maximum absolute atomic E-state index is 12.4. The molecule has 0 spiro atoms. The van der Waals surface area contributed by atoms with Crippen LogP contribution in [0.3, 0.4) is 0 Å². The van der Waals surface area contributed by atoms with Crippen molar-refractivity contribution in [1.29, 1.82) is 0 Å². The van der Waals surface area contributed by atoms with E-state index in [1.165, 1.54) is 6.92 Å². The Labute approximate surface area is 119 Å². The normalized spacial score (nSPS) is 10.0. The molecule has 2 aromatic rings. The second-order valence-electron chi connectivity index (χ2n) is 3.93. The molecule has 0 fully saturated rings. The number of halogens is 1. The van der Waals surface area contributed by atoms with E-state index in [1.807, 2.05) is 6.07 Å². The van der Waals surface area contributed by atoms with Crippen molar-refractivity contribution >= 4 is 27.7 Å². The molecule has 0 bridgehead atoms. The average Bonchev–Trinajstić information content (AvgIpc) is 2.38. The van der Waals surface area contributed by atoms with E-state index in [0.29, 0.717) is 11.1 Å². The molecule has 0 radical (unpaired) electrons. The lowest BCUT2D eigenvalue weighted by molar-refractivity contribution is -0.131. The summed E-state index contributed by atoms with van der Waals surface area (Å²) in [4.78, 5) is 23.4. The van der Waals surface area contributed by atoms with Crippen LogP contribution in [0, 0.1) is 0 Å². The Morgan fingerprint density at radius 1 is 1.05 bits per heavy atom. The lowest BCUT2D eigenvalue weighted by Crippen LogP contribution is -2.08. The van der Waals surface area contributed by atoms with E-state index < -0.39 is 5.97 Å². The van der Waals surface area contributed by atoms with Gasteiger partial charge in [-0.15, -0.1) is 0 Å². The van der Waals surface area contributed by atoms with Gasteiger partial charge in [0.05, 0.1) is 5.56 Å². The largest absolute Gasteiger partial charge is 0.426 e. The summed E-state index contributed by atoms with van der Waals surface area (Å²) in [5.41, 5.74) is 0.907. The van der Waals surface area contributed by atoms with Gasteiger partial charge in [0.1, 0.15) is 5.75 Å². The van der Waals surface area contributed by atoms with Crippen molar-refractivity contribution in [3.63, 3.8) is 0 Å². The number of benzene rings is 2. The van der Waals surface area contributed by atoms with Crippen molar-refractivity contribution in [2.75, 3.05) is 0 Å². The third-order valence-electron chi connectivity index (χ3n) is 2.47. The zero-order valence-electron chi connectivity index (χ0n) is 10.2. The summed E-state index contributed by atoms with van der Waals surface area (Å²) < 4.78 is 5.87. The number of carbonyl (C=O) groups excluding carboxylic acids is 2. The molecular formula is C15H11BrO3. The summed E-state index contributed by atoms with van der Waals surface area (Å²) in [7, 11) is 0. The summed E-state index contributed by atoms with van der Waals surface area (Å²) in [5, 5.41) is 0. The highest BCUT2D eigenvalue weighted by Crippen LogP contribution is 2.23. The number of ether oxygens (including phenoxy) is 1. The molecule has 0 saturated heterocycles. The van der Waals surface area contributed by atoms with E-state index in [-0.39, 0.29) is 11.5 Å². The number of hydrogen-bond donors (Lipinski definition) is 0. The fourth-order valence-corrected chi connectivity index (χ4v) is 2.08. The van der Waals surface area contributed by atoms with Gasteiger partial charge in [-0.2, -0.15) is 0 Å². The zero-order valence-corrected chi connectivity index (χ0v) is 11.8. The first-order chi connectivity index (χ1) is 9.08. The van der Waals surface area contributed by atoms with Crippen molar-refractivity contribution in [1.82, 2.24) is 0 Å². The van der Waals surface area contributed by atoms with Gasteiger partial charge in [0, 0.05) is 17.0 Å². The van der Waals surface area contributed by atoms with Crippen LogP contribution in [0.4, 0.5) is 0 Å². The molecule has 0 aromatic heterocycles. The molecule has 0 amide bonds. The highest BCUT2D eigenvalue weighted by molar-refractivity contribution is 9.10. The van der Waals surface area contributed by atoms with Crippen LogP contribution >= 0.6 is 15.9 Å². The fourth-order valence-electron chi connectivity index (χ4n) is 1.68. The maximum Gasteiger partial charge on any atom is 0.308 e. The standard InChI is InChI=1S/C15H11BrO3/c1-10(17)19-14-8-3-2-7-13(14)15(18)11-5-4-6-12(16)9-11/h2-9H,1H3. The number of esters is 1. The predicted molar refractivity (Wildman–Crippen MR) is 75.3 cm³/mol. The van der Waals surface area contributed by atoms with Gasteiger partial charge in [-0.1, -0.05) is 40.2 Å². The van der Waals surface area contributed by atoms with Crippen LogP contribution < -0.4 is 4.74 Å². The van der Waals surface area contributed by atoms with Gasteiger partial charge in [0.15, 0.2) is 5.78 Å². The number of ketones is 1. The highest BCUT2D eigenvalue weighted by atomic mass is 79.9. The summed E-state index contributed by atoms with van der Waals surface area (Å²) in [5.74, 6) is -0.354.